The molecule has 0 radical (unpaired) electrons. The Bertz CT molecular complexity index is 395. The Hall–Kier alpha value is -1.10. The number of hydrogen-bond donors (Lipinski definition) is 1. The fraction of sp³-hybridized carbons (Fsp3) is 0.647. The summed E-state index contributed by atoms with van der Waals surface area (Å²) in [6.07, 6.45) is 1.01. The van der Waals surface area contributed by atoms with Gasteiger partial charge in [-0.05, 0) is 46.1 Å². The van der Waals surface area contributed by atoms with Gasteiger partial charge in [0.1, 0.15) is 5.75 Å². The van der Waals surface area contributed by atoms with Gasteiger partial charge in [0.25, 0.3) is 0 Å². The van der Waals surface area contributed by atoms with Crippen LogP contribution in [0, 0.1) is 0 Å². The van der Waals surface area contributed by atoms with Crippen LogP contribution in [0.2, 0.25) is 0 Å². The Morgan fingerprint density at radius 2 is 1.76 bits per heavy atom. The number of nitrogens with zero attached hydrogens (tertiary/aromatic N) is 2. The molecule has 1 aromatic carbocycles. The molecule has 4 heteroatoms. The second-order valence-corrected chi connectivity index (χ2v) is 5.90. The molecule has 0 fully saturated rings. The third-order valence-corrected chi connectivity index (χ3v) is 3.84. The van der Waals surface area contributed by atoms with Gasteiger partial charge in [-0.3, -0.25) is 0 Å². The van der Waals surface area contributed by atoms with Crippen LogP contribution in [0.5, 0.6) is 5.75 Å². The highest BCUT2D eigenvalue weighted by molar-refractivity contribution is 5.33. The molecule has 0 aromatic heterocycles. The van der Waals surface area contributed by atoms with E-state index in [1.165, 1.54) is 5.56 Å². The highest BCUT2D eigenvalue weighted by Gasteiger charge is 2.12. The summed E-state index contributed by atoms with van der Waals surface area (Å²) < 4.78 is 5.43. The van der Waals surface area contributed by atoms with E-state index >= 15 is 0 Å². The van der Waals surface area contributed by atoms with Crippen LogP contribution in [0.3, 0.4) is 0 Å². The Labute approximate surface area is 130 Å². The van der Waals surface area contributed by atoms with Crippen molar-refractivity contribution in [1.82, 2.24) is 15.1 Å². The van der Waals surface area contributed by atoms with Crippen molar-refractivity contribution in [2.45, 2.75) is 19.4 Å². The molecular weight excluding hydrogens is 262 g/mol. The molecule has 0 heterocycles. The molecule has 4 nitrogen and oxygen atoms in total. The van der Waals surface area contributed by atoms with Gasteiger partial charge < -0.3 is 19.9 Å². The molecule has 120 valence electrons. The monoisotopic (exact) mass is 293 g/mol. The summed E-state index contributed by atoms with van der Waals surface area (Å²) in [5.41, 5.74) is 1.28. The smallest absolute Gasteiger partial charge is 0.122 e. The molecule has 0 aliphatic heterocycles. The van der Waals surface area contributed by atoms with E-state index in [1.54, 1.807) is 7.11 Å². The minimum atomic E-state index is 0.497. The molecule has 0 bridgehead atoms. The van der Waals surface area contributed by atoms with Crippen molar-refractivity contribution in [3.63, 3.8) is 0 Å². The van der Waals surface area contributed by atoms with Crippen molar-refractivity contribution in [3.8, 4) is 5.75 Å². The van der Waals surface area contributed by atoms with E-state index in [0.717, 1.165) is 38.3 Å². The fourth-order valence-corrected chi connectivity index (χ4v) is 2.25. The Morgan fingerprint density at radius 1 is 1.10 bits per heavy atom. The second kappa shape index (κ2) is 9.77. The number of ether oxygens (including phenoxy) is 1. The van der Waals surface area contributed by atoms with E-state index in [1.807, 2.05) is 12.1 Å². The van der Waals surface area contributed by atoms with E-state index in [9.17, 15) is 0 Å². The predicted molar refractivity (Wildman–Crippen MR) is 90.2 cm³/mol. The minimum Gasteiger partial charge on any atom is -0.496 e. The van der Waals surface area contributed by atoms with Crippen LogP contribution in [0.1, 0.15) is 12.5 Å². The molecule has 0 amide bonds. The summed E-state index contributed by atoms with van der Waals surface area (Å²) in [6, 6.07) is 8.78. The van der Waals surface area contributed by atoms with Gasteiger partial charge in [0.2, 0.25) is 0 Å². The van der Waals surface area contributed by atoms with E-state index in [-0.39, 0.29) is 0 Å². The van der Waals surface area contributed by atoms with Crippen molar-refractivity contribution in [2.75, 3.05) is 54.4 Å². The van der Waals surface area contributed by atoms with Crippen molar-refractivity contribution in [1.29, 1.82) is 0 Å². The van der Waals surface area contributed by atoms with Crippen molar-refractivity contribution >= 4 is 0 Å². The Kier molecular flexibility index (Phi) is 8.35. The zero-order chi connectivity index (χ0) is 15.7. The van der Waals surface area contributed by atoms with Gasteiger partial charge in [-0.15, -0.1) is 0 Å². The number of hydrogen-bond acceptors (Lipinski definition) is 4. The lowest BCUT2D eigenvalue weighted by Gasteiger charge is -2.25. The number of nitrogens with one attached hydrogen (secondary N) is 1. The molecule has 1 unspecified atom stereocenters. The Balaban J connectivity index is 2.32. The van der Waals surface area contributed by atoms with Gasteiger partial charge in [0, 0.05) is 32.2 Å². The molecule has 0 spiro atoms. The van der Waals surface area contributed by atoms with Crippen LogP contribution < -0.4 is 10.1 Å². The summed E-state index contributed by atoms with van der Waals surface area (Å²) in [4.78, 5) is 4.59. The molecule has 1 aromatic rings. The van der Waals surface area contributed by atoms with Crippen LogP contribution in [-0.2, 0) is 6.42 Å². The van der Waals surface area contributed by atoms with Crippen LogP contribution >= 0.6 is 0 Å². The van der Waals surface area contributed by atoms with Crippen molar-refractivity contribution in [3.05, 3.63) is 29.8 Å². The fourth-order valence-electron chi connectivity index (χ4n) is 2.25. The molecular formula is C17H31N3O. The van der Waals surface area contributed by atoms with Gasteiger partial charge in [-0.1, -0.05) is 18.2 Å². The number of methoxy groups -OCH3 is 1. The summed E-state index contributed by atoms with van der Waals surface area (Å²) in [6.45, 7) is 6.48. The third kappa shape index (κ3) is 6.93. The zero-order valence-electron chi connectivity index (χ0n) is 14.2. The lowest BCUT2D eigenvalue weighted by atomic mass is 10.1. The molecule has 0 aliphatic rings. The summed E-state index contributed by atoms with van der Waals surface area (Å²) in [5.74, 6) is 0.988. The SMILES string of the molecule is COc1ccccc1CC(C)N(C)CCNCCN(C)C. The standard InChI is InChI=1S/C17H31N3O/c1-15(14-16-8-6-7-9-17(16)21-5)20(4)13-11-18-10-12-19(2)3/h6-9,15,18H,10-14H2,1-5H3. The van der Waals surface area contributed by atoms with Gasteiger partial charge in [0.05, 0.1) is 7.11 Å². The quantitative estimate of drug-likeness (QED) is 0.665. The minimum absolute atomic E-state index is 0.497. The van der Waals surface area contributed by atoms with Crippen molar-refractivity contribution in [2.24, 2.45) is 0 Å². The first-order valence-corrected chi connectivity index (χ1v) is 7.72. The first-order valence-electron chi connectivity index (χ1n) is 7.72. The average molecular weight is 293 g/mol. The normalized spacial score (nSPS) is 12.9. The molecule has 0 saturated heterocycles. The maximum Gasteiger partial charge on any atom is 0.122 e. The zero-order valence-corrected chi connectivity index (χ0v) is 14.2. The van der Waals surface area contributed by atoms with Gasteiger partial charge >= 0.3 is 0 Å². The highest BCUT2D eigenvalue weighted by Crippen LogP contribution is 2.19. The van der Waals surface area contributed by atoms with Crippen LogP contribution in [0.25, 0.3) is 0 Å². The lowest BCUT2D eigenvalue weighted by molar-refractivity contribution is 0.253. The second-order valence-electron chi connectivity index (χ2n) is 5.90. The van der Waals surface area contributed by atoms with Crippen LogP contribution in [0.4, 0.5) is 0 Å². The lowest BCUT2D eigenvalue weighted by Crippen LogP contribution is -2.38. The van der Waals surface area contributed by atoms with Gasteiger partial charge in [0.15, 0.2) is 0 Å². The largest absolute Gasteiger partial charge is 0.496 e. The highest BCUT2D eigenvalue weighted by atomic mass is 16.5. The molecule has 0 aliphatic carbocycles. The van der Waals surface area contributed by atoms with E-state index in [2.05, 4.69) is 55.3 Å². The van der Waals surface area contributed by atoms with Crippen LogP contribution in [-0.4, -0.2) is 70.3 Å². The number of likely N-dealkylation sites (N-methyl/N-ethyl adjacent to an activating group) is 2. The maximum absolute atomic E-state index is 5.43. The number of benzene rings is 1. The predicted octanol–water partition coefficient (Wildman–Crippen LogP) is 1.71. The average Bonchev–Trinajstić information content (AvgIpc) is 2.46. The van der Waals surface area contributed by atoms with Gasteiger partial charge in [-0.25, -0.2) is 0 Å². The first-order chi connectivity index (χ1) is 10.0. The summed E-state index contributed by atoms with van der Waals surface area (Å²) in [7, 11) is 8.13. The molecule has 1 N–H and O–H groups in total. The Morgan fingerprint density at radius 3 is 2.43 bits per heavy atom. The van der Waals surface area contributed by atoms with Crippen molar-refractivity contribution < 1.29 is 4.74 Å². The van der Waals surface area contributed by atoms with E-state index in [4.69, 9.17) is 4.74 Å². The van der Waals surface area contributed by atoms with Crippen LogP contribution in [0.15, 0.2) is 24.3 Å². The summed E-state index contributed by atoms with van der Waals surface area (Å²) in [5, 5.41) is 3.48. The first kappa shape index (κ1) is 18.0. The molecule has 21 heavy (non-hydrogen) atoms. The van der Waals surface area contributed by atoms with E-state index < -0.39 is 0 Å². The maximum atomic E-state index is 5.43. The third-order valence-electron chi connectivity index (χ3n) is 3.84. The number of rotatable bonds is 10. The molecule has 0 saturated carbocycles. The van der Waals surface area contributed by atoms with Gasteiger partial charge in [-0.2, -0.15) is 0 Å². The van der Waals surface area contributed by atoms with E-state index in [0.29, 0.717) is 6.04 Å². The molecule has 1 rings (SSSR count). The topological polar surface area (TPSA) is 27.7 Å². The summed E-state index contributed by atoms with van der Waals surface area (Å²) >= 11 is 0. The molecule has 1 atom stereocenters. The number of para-hydroxylation sites is 1.